The summed E-state index contributed by atoms with van der Waals surface area (Å²) in [7, 11) is -3.96. The Morgan fingerprint density at radius 2 is 1.74 bits per heavy atom. The van der Waals surface area contributed by atoms with Crippen molar-refractivity contribution in [3.63, 3.8) is 0 Å². The molecule has 0 atom stereocenters. The number of sulfonamides is 1. The first-order chi connectivity index (χ1) is 14.8. The predicted octanol–water partition coefficient (Wildman–Crippen LogP) is 3.39. The second kappa shape index (κ2) is 10.2. The Labute approximate surface area is 185 Å². The molecule has 7 nitrogen and oxygen atoms in total. The number of phenolic OH excluding ortho intramolecular Hbond substituents is 1. The number of nitrogens with one attached hydrogen (secondary N) is 1. The third kappa shape index (κ3) is 6.39. The largest absolute Gasteiger partial charge is 0.508 e. The van der Waals surface area contributed by atoms with Gasteiger partial charge < -0.3 is 5.11 Å². The molecular formula is C22H20ClN3O4S. The number of amides is 1. The lowest BCUT2D eigenvalue weighted by atomic mass is 10.2. The van der Waals surface area contributed by atoms with Gasteiger partial charge in [-0.25, -0.2) is 13.8 Å². The van der Waals surface area contributed by atoms with E-state index in [9.17, 15) is 18.3 Å². The van der Waals surface area contributed by atoms with Crippen molar-refractivity contribution in [2.45, 2.75) is 11.4 Å². The first-order valence-corrected chi connectivity index (χ1v) is 11.1. The fraction of sp³-hybridized carbons (Fsp3) is 0.0909. The maximum Gasteiger partial charge on any atom is 0.255 e. The van der Waals surface area contributed by atoms with Crippen molar-refractivity contribution in [3.8, 4) is 5.75 Å². The van der Waals surface area contributed by atoms with Gasteiger partial charge in [0.1, 0.15) is 5.75 Å². The van der Waals surface area contributed by atoms with Crippen LogP contribution in [-0.2, 0) is 21.4 Å². The molecule has 0 bridgehead atoms. The lowest BCUT2D eigenvalue weighted by Crippen LogP contribution is -2.39. The van der Waals surface area contributed by atoms with Crippen molar-refractivity contribution >= 4 is 33.7 Å². The summed E-state index contributed by atoms with van der Waals surface area (Å²) in [5, 5.41) is 13.7. The third-order valence-electron chi connectivity index (χ3n) is 4.25. The minimum absolute atomic E-state index is 0.00942. The molecule has 3 rings (SSSR count). The van der Waals surface area contributed by atoms with Crippen LogP contribution in [-0.4, -0.2) is 36.5 Å². The van der Waals surface area contributed by atoms with E-state index >= 15 is 0 Å². The smallest absolute Gasteiger partial charge is 0.255 e. The van der Waals surface area contributed by atoms with Crippen molar-refractivity contribution in [3.05, 3.63) is 95.0 Å². The fourth-order valence-corrected chi connectivity index (χ4v) is 4.26. The van der Waals surface area contributed by atoms with Crippen LogP contribution in [0.15, 0.2) is 88.9 Å². The first kappa shape index (κ1) is 22.5. The molecule has 9 heteroatoms. The Bertz CT molecular complexity index is 1170. The van der Waals surface area contributed by atoms with E-state index in [1.54, 1.807) is 36.4 Å². The molecule has 0 saturated heterocycles. The Balaban J connectivity index is 1.77. The third-order valence-corrected chi connectivity index (χ3v) is 6.30. The summed E-state index contributed by atoms with van der Waals surface area (Å²) < 4.78 is 27.4. The van der Waals surface area contributed by atoms with Gasteiger partial charge in [-0.3, -0.25) is 4.79 Å². The highest BCUT2D eigenvalue weighted by Gasteiger charge is 2.26. The molecule has 2 N–H and O–H groups in total. The van der Waals surface area contributed by atoms with Gasteiger partial charge in [-0.2, -0.15) is 9.41 Å². The van der Waals surface area contributed by atoms with E-state index in [1.165, 1.54) is 42.6 Å². The maximum absolute atomic E-state index is 13.2. The SMILES string of the molecule is O=C(CN(Cc1ccccc1)S(=O)(=O)c1ccc(Cl)cc1)N/N=C\c1cccc(O)c1. The Morgan fingerprint density at radius 1 is 1.03 bits per heavy atom. The summed E-state index contributed by atoms with van der Waals surface area (Å²) in [5.41, 5.74) is 3.63. The van der Waals surface area contributed by atoms with Crippen LogP contribution < -0.4 is 5.43 Å². The number of nitrogens with zero attached hydrogens (tertiary/aromatic N) is 2. The van der Waals surface area contributed by atoms with Gasteiger partial charge in [-0.05, 0) is 47.5 Å². The average Bonchev–Trinajstić information content (AvgIpc) is 2.74. The molecule has 0 aliphatic carbocycles. The fourth-order valence-electron chi connectivity index (χ4n) is 2.75. The van der Waals surface area contributed by atoms with Crippen molar-refractivity contribution in [2.75, 3.05) is 6.54 Å². The summed E-state index contributed by atoms with van der Waals surface area (Å²) in [4.78, 5) is 12.5. The normalized spacial score (nSPS) is 11.7. The van der Waals surface area contributed by atoms with E-state index in [0.717, 1.165) is 9.87 Å². The molecule has 31 heavy (non-hydrogen) atoms. The number of halogens is 1. The minimum atomic E-state index is -3.96. The second-order valence-electron chi connectivity index (χ2n) is 6.60. The van der Waals surface area contributed by atoms with Crippen LogP contribution in [0.25, 0.3) is 0 Å². The Hall–Kier alpha value is -3.20. The Kier molecular flexibility index (Phi) is 7.41. The van der Waals surface area contributed by atoms with Crippen molar-refractivity contribution < 1.29 is 18.3 Å². The van der Waals surface area contributed by atoms with E-state index in [1.807, 2.05) is 6.07 Å². The summed E-state index contributed by atoms with van der Waals surface area (Å²) >= 11 is 5.87. The predicted molar refractivity (Wildman–Crippen MR) is 119 cm³/mol. The monoisotopic (exact) mass is 457 g/mol. The quantitative estimate of drug-likeness (QED) is 0.400. The molecule has 0 saturated carbocycles. The average molecular weight is 458 g/mol. The van der Waals surface area contributed by atoms with Gasteiger partial charge in [-0.1, -0.05) is 54.1 Å². The molecular weight excluding hydrogens is 438 g/mol. The van der Waals surface area contributed by atoms with Gasteiger partial charge in [0.15, 0.2) is 0 Å². The van der Waals surface area contributed by atoms with Gasteiger partial charge in [0.05, 0.1) is 17.7 Å². The van der Waals surface area contributed by atoms with Gasteiger partial charge >= 0.3 is 0 Å². The maximum atomic E-state index is 13.2. The number of carbonyl (C=O) groups is 1. The van der Waals surface area contributed by atoms with Crippen LogP contribution in [0, 0.1) is 0 Å². The Morgan fingerprint density at radius 3 is 2.42 bits per heavy atom. The highest BCUT2D eigenvalue weighted by molar-refractivity contribution is 7.89. The molecule has 0 aliphatic heterocycles. The second-order valence-corrected chi connectivity index (χ2v) is 8.98. The molecule has 1 amide bonds. The summed E-state index contributed by atoms with van der Waals surface area (Å²) in [5.74, 6) is -0.539. The van der Waals surface area contributed by atoms with E-state index in [0.29, 0.717) is 10.6 Å². The van der Waals surface area contributed by atoms with Crippen LogP contribution in [0.1, 0.15) is 11.1 Å². The number of aromatic hydroxyl groups is 1. The zero-order valence-corrected chi connectivity index (χ0v) is 17.9. The van der Waals surface area contributed by atoms with Crippen LogP contribution in [0.4, 0.5) is 0 Å². The molecule has 0 spiro atoms. The molecule has 0 aromatic heterocycles. The number of phenols is 1. The van der Waals surface area contributed by atoms with Crippen molar-refractivity contribution in [1.29, 1.82) is 0 Å². The number of hydrogen-bond acceptors (Lipinski definition) is 5. The molecule has 3 aromatic carbocycles. The highest BCUT2D eigenvalue weighted by Crippen LogP contribution is 2.20. The summed E-state index contributed by atoms with van der Waals surface area (Å²) in [6.07, 6.45) is 1.35. The molecule has 3 aromatic rings. The van der Waals surface area contributed by atoms with Crippen molar-refractivity contribution in [2.24, 2.45) is 5.10 Å². The lowest BCUT2D eigenvalue weighted by Gasteiger charge is -2.21. The van der Waals surface area contributed by atoms with Gasteiger partial charge in [0, 0.05) is 11.6 Å². The molecule has 0 unspecified atom stereocenters. The first-order valence-electron chi connectivity index (χ1n) is 9.25. The lowest BCUT2D eigenvalue weighted by molar-refractivity contribution is -0.121. The van der Waals surface area contributed by atoms with E-state index in [-0.39, 0.29) is 17.2 Å². The molecule has 0 radical (unpaired) electrons. The molecule has 0 heterocycles. The molecule has 0 fully saturated rings. The number of benzene rings is 3. The van der Waals surface area contributed by atoms with E-state index in [2.05, 4.69) is 10.5 Å². The molecule has 160 valence electrons. The van der Waals surface area contributed by atoms with Crippen LogP contribution in [0.2, 0.25) is 5.02 Å². The van der Waals surface area contributed by atoms with Crippen LogP contribution in [0.3, 0.4) is 0 Å². The highest BCUT2D eigenvalue weighted by atomic mass is 35.5. The minimum Gasteiger partial charge on any atom is -0.508 e. The summed E-state index contributed by atoms with van der Waals surface area (Å²) in [6.45, 7) is -0.424. The topological polar surface area (TPSA) is 99.1 Å². The van der Waals surface area contributed by atoms with Crippen molar-refractivity contribution in [1.82, 2.24) is 9.73 Å². The summed E-state index contributed by atoms with van der Waals surface area (Å²) in [6, 6.07) is 21.0. The number of hydrazone groups is 1. The number of hydrogen-bond donors (Lipinski definition) is 2. The van der Waals surface area contributed by atoms with Gasteiger partial charge in [0.25, 0.3) is 5.91 Å². The van der Waals surface area contributed by atoms with Crippen LogP contribution >= 0.6 is 11.6 Å². The zero-order chi connectivity index (χ0) is 22.3. The van der Waals surface area contributed by atoms with E-state index in [4.69, 9.17) is 11.6 Å². The van der Waals surface area contributed by atoms with E-state index < -0.39 is 22.5 Å². The van der Waals surface area contributed by atoms with Gasteiger partial charge in [0.2, 0.25) is 10.0 Å². The number of rotatable bonds is 8. The number of carbonyl (C=O) groups excluding carboxylic acids is 1. The standard InChI is InChI=1S/C22H20ClN3O4S/c23-19-9-11-21(12-10-19)31(29,30)26(15-17-5-2-1-3-6-17)16-22(28)25-24-14-18-7-4-8-20(27)13-18/h1-14,27H,15-16H2,(H,25,28)/b24-14-. The van der Waals surface area contributed by atoms with Crippen LogP contribution in [0.5, 0.6) is 5.75 Å². The zero-order valence-electron chi connectivity index (χ0n) is 16.3. The van der Waals surface area contributed by atoms with Gasteiger partial charge in [-0.15, -0.1) is 0 Å². The molecule has 0 aliphatic rings.